The Labute approximate surface area is 185 Å². The maximum Gasteiger partial charge on any atom is 0.303 e. The van der Waals surface area contributed by atoms with Gasteiger partial charge in [0.15, 0.2) is 0 Å². The highest BCUT2D eigenvalue weighted by Gasteiger charge is 2.48. The first kappa shape index (κ1) is 21.7. The topological polar surface area (TPSA) is 46.6 Å². The third-order valence-electron chi connectivity index (χ3n) is 5.75. The average Bonchev–Trinajstić information content (AvgIpc) is 2.79. The molecule has 6 heteroatoms. The van der Waals surface area contributed by atoms with Crippen LogP contribution in [0.15, 0.2) is 78.9 Å². The van der Waals surface area contributed by atoms with Crippen LogP contribution in [-0.4, -0.2) is 11.9 Å². The molecule has 4 rings (SSSR count). The number of ether oxygens (including phenoxy) is 1. The molecule has 0 aromatic heterocycles. The molecule has 0 spiro atoms. The lowest BCUT2D eigenvalue weighted by atomic mass is 9.78. The van der Waals surface area contributed by atoms with Crippen LogP contribution in [0, 0.1) is 17.6 Å². The van der Waals surface area contributed by atoms with E-state index in [1.165, 1.54) is 31.2 Å². The summed E-state index contributed by atoms with van der Waals surface area (Å²) in [5.74, 6) is -1.56. The molecule has 32 heavy (non-hydrogen) atoms. The highest BCUT2D eigenvalue weighted by Crippen LogP contribution is 2.46. The Hall–Kier alpha value is -3.54. The number of rotatable bonds is 7. The SMILES string of the molecule is CC(=O)O[C@@H](CC[C@H]1C(=O)N(c2ccc(F)cc2)[C@@H]1c1ccccc1)c1ccc(F)cc1. The van der Waals surface area contributed by atoms with Crippen LogP contribution < -0.4 is 4.90 Å². The molecule has 1 aliphatic rings. The van der Waals surface area contributed by atoms with E-state index in [2.05, 4.69) is 0 Å². The predicted octanol–water partition coefficient (Wildman–Crippen LogP) is 5.75. The van der Waals surface area contributed by atoms with Gasteiger partial charge in [0.1, 0.15) is 17.7 Å². The lowest BCUT2D eigenvalue weighted by Gasteiger charge is -2.48. The second kappa shape index (κ2) is 9.30. The summed E-state index contributed by atoms with van der Waals surface area (Å²) in [6.45, 7) is 1.33. The van der Waals surface area contributed by atoms with Gasteiger partial charge in [-0.1, -0.05) is 42.5 Å². The number of carbonyl (C=O) groups excluding carboxylic acids is 2. The van der Waals surface area contributed by atoms with E-state index in [1.54, 1.807) is 29.2 Å². The number of anilines is 1. The van der Waals surface area contributed by atoms with Crippen molar-refractivity contribution in [3.63, 3.8) is 0 Å². The fraction of sp³-hybridized carbons (Fsp3) is 0.231. The fourth-order valence-corrected chi connectivity index (χ4v) is 4.25. The summed E-state index contributed by atoms with van der Waals surface area (Å²) in [5.41, 5.74) is 2.30. The van der Waals surface area contributed by atoms with Crippen molar-refractivity contribution in [2.45, 2.75) is 31.9 Å². The zero-order valence-corrected chi connectivity index (χ0v) is 17.6. The van der Waals surface area contributed by atoms with Gasteiger partial charge in [-0.2, -0.15) is 0 Å². The van der Waals surface area contributed by atoms with Crippen molar-refractivity contribution in [1.29, 1.82) is 0 Å². The van der Waals surface area contributed by atoms with Gasteiger partial charge in [0.25, 0.3) is 0 Å². The molecular formula is C26H23F2NO3. The number of hydrogen-bond donors (Lipinski definition) is 0. The Morgan fingerprint density at radius 3 is 2.12 bits per heavy atom. The van der Waals surface area contributed by atoms with Crippen LogP contribution in [0.2, 0.25) is 0 Å². The van der Waals surface area contributed by atoms with Crippen LogP contribution in [0.4, 0.5) is 14.5 Å². The maximum atomic E-state index is 13.4. The van der Waals surface area contributed by atoms with E-state index in [4.69, 9.17) is 4.74 Å². The summed E-state index contributed by atoms with van der Waals surface area (Å²) >= 11 is 0. The number of halogens is 2. The number of nitrogens with zero attached hydrogens (tertiary/aromatic N) is 1. The summed E-state index contributed by atoms with van der Waals surface area (Å²) in [4.78, 5) is 26.4. The molecule has 0 radical (unpaired) electrons. The van der Waals surface area contributed by atoms with Crippen LogP contribution in [0.1, 0.15) is 43.0 Å². The molecule has 0 saturated carbocycles. The van der Waals surface area contributed by atoms with E-state index >= 15 is 0 Å². The number of carbonyl (C=O) groups is 2. The minimum atomic E-state index is -0.572. The Bertz CT molecular complexity index is 1080. The summed E-state index contributed by atoms with van der Waals surface area (Å²) in [6, 6.07) is 21.1. The molecule has 3 aromatic carbocycles. The van der Waals surface area contributed by atoms with Gasteiger partial charge < -0.3 is 9.64 Å². The molecule has 3 atom stereocenters. The van der Waals surface area contributed by atoms with Crippen molar-refractivity contribution in [2.24, 2.45) is 5.92 Å². The lowest BCUT2D eigenvalue weighted by molar-refractivity contribution is -0.147. The molecule has 3 aromatic rings. The Morgan fingerprint density at radius 2 is 1.53 bits per heavy atom. The van der Waals surface area contributed by atoms with Crippen molar-refractivity contribution in [3.8, 4) is 0 Å². The smallest absolute Gasteiger partial charge is 0.303 e. The van der Waals surface area contributed by atoms with Gasteiger partial charge >= 0.3 is 5.97 Å². The lowest BCUT2D eigenvalue weighted by Crippen LogP contribution is -2.55. The third kappa shape index (κ3) is 4.54. The quantitative estimate of drug-likeness (QED) is 0.351. The minimum absolute atomic E-state index is 0.0638. The highest BCUT2D eigenvalue weighted by molar-refractivity contribution is 6.03. The van der Waals surface area contributed by atoms with Gasteiger partial charge in [0.2, 0.25) is 5.91 Å². The largest absolute Gasteiger partial charge is 0.458 e. The van der Waals surface area contributed by atoms with Gasteiger partial charge in [-0.25, -0.2) is 8.78 Å². The van der Waals surface area contributed by atoms with Gasteiger partial charge in [0.05, 0.1) is 12.0 Å². The number of β-lactam (4-membered cyclic amide) rings is 1. The Balaban J connectivity index is 1.57. The number of benzene rings is 3. The molecule has 0 unspecified atom stereocenters. The van der Waals surface area contributed by atoms with Crippen LogP contribution in [0.25, 0.3) is 0 Å². The molecular weight excluding hydrogens is 412 g/mol. The zero-order valence-electron chi connectivity index (χ0n) is 17.6. The standard InChI is InChI=1S/C26H23F2NO3/c1-17(30)32-24(18-7-9-20(27)10-8-18)16-15-23-25(19-5-3-2-4-6-19)29(26(23)31)22-13-11-21(28)12-14-22/h2-14,23-25H,15-16H2,1H3/t23-,24+,25-/m1/s1. The van der Waals surface area contributed by atoms with Gasteiger partial charge in [-0.05, 0) is 60.4 Å². The summed E-state index contributed by atoms with van der Waals surface area (Å²) in [7, 11) is 0. The van der Waals surface area contributed by atoms with Crippen LogP contribution in [0.5, 0.6) is 0 Å². The van der Waals surface area contributed by atoms with Crippen molar-refractivity contribution >= 4 is 17.6 Å². The molecule has 164 valence electrons. The number of esters is 1. The molecule has 4 nitrogen and oxygen atoms in total. The van der Waals surface area contributed by atoms with Gasteiger partial charge in [-0.3, -0.25) is 9.59 Å². The van der Waals surface area contributed by atoms with Crippen LogP contribution in [-0.2, 0) is 14.3 Å². The average molecular weight is 435 g/mol. The highest BCUT2D eigenvalue weighted by atomic mass is 19.1. The molecule has 1 saturated heterocycles. The second-order valence-corrected chi connectivity index (χ2v) is 7.87. The normalized spacial score (nSPS) is 18.7. The third-order valence-corrected chi connectivity index (χ3v) is 5.75. The Morgan fingerprint density at radius 1 is 0.938 bits per heavy atom. The van der Waals surface area contributed by atoms with Crippen LogP contribution >= 0.6 is 0 Å². The first-order valence-electron chi connectivity index (χ1n) is 10.5. The summed E-state index contributed by atoms with van der Waals surface area (Å²) < 4.78 is 32.2. The fourth-order valence-electron chi connectivity index (χ4n) is 4.25. The first-order valence-corrected chi connectivity index (χ1v) is 10.5. The molecule has 0 bridgehead atoms. The van der Waals surface area contributed by atoms with E-state index in [0.29, 0.717) is 24.1 Å². The van der Waals surface area contributed by atoms with Crippen LogP contribution in [0.3, 0.4) is 0 Å². The zero-order chi connectivity index (χ0) is 22.7. The van der Waals surface area contributed by atoms with Gasteiger partial charge in [0, 0.05) is 12.6 Å². The monoisotopic (exact) mass is 435 g/mol. The number of hydrogen-bond acceptors (Lipinski definition) is 3. The van der Waals surface area contributed by atoms with E-state index < -0.39 is 12.1 Å². The van der Waals surface area contributed by atoms with Crippen molar-refractivity contribution < 1.29 is 23.1 Å². The number of amides is 1. The predicted molar refractivity (Wildman–Crippen MR) is 117 cm³/mol. The first-order chi connectivity index (χ1) is 15.4. The van der Waals surface area contributed by atoms with E-state index in [-0.39, 0.29) is 29.5 Å². The summed E-state index contributed by atoms with van der Waals surface area (Å²) in [6.07, 6.45) is 0.324. The van der Waals surface area contributed by atoms with E-state index in [9.17, 15) is 18.4 Å². The molecule has 1 fully saturated rings. The molecule has 0 aliphatic carbocycles. The van der Waals surface area contributed by atoms with Gasteiger partial charge in [-0.15, -0.1) is 0 Å². The maximum absolute atomic E-state index is 13.4. The van der Waals surface area contributed by atoms with Crippen molar-refractivity contribution in [1.82, 2.24) is 0 Å². The van der Waals surface area contributed by atoms with E-state index in [1.807, 2.05) is 30.3 Å². The molecule has 1 aliphatic heterocycles. The summed E-state index contributed by atoms with van der Waals surface area (Å²) in [5, 5.41) is 0. The molecule has 1 heterocycles. The molecule has 1 amide bonds. The van der Waals surface area contributed by atoms with E-state index in [0.717, 1.165) is 5.56 Å². The minimum Gasteiger partial charge on any atom is -0.458 e. The van der Waals surface area contributed by atoms with Crippen molar-refractivity contribution in [3.05, 3.63) is 102 Å². The Kier molecular flexibility index (Phi) is 6.30. The molecule has 0 N–H and O–H groups in total. The second-order valence-electron chi connectivity index (χ2n) is 7.87. The van der Waals surface area contributed by atoms with Crippen molar-refractivity contribution in [2.75, 3.05) is 4.90 Å².